The average molecular weight is 341 g/mol. The average Bonchev–Trinajstić information content (AvgIpc) is 3.12. The summed E-state index contributed by atoms with van der Waals surface area (Å²) < 4.78 is 11.1. The van der Waals surface area contributed by atoms with Crippen molar-refractivity contribution in [3.63, 3.8) is 0 Å². The topological polar surface area (TPSA) is 58.8 Å². The number of nitrogens with zero attached hydrogens (tertiary/aromatic N) is 3. The van der Waals surface area contributed by atoms with Gasteiger partial charge in [0.05, 0.1) is 19.5 Å². The zero-order valence-corrected chi connectivity index (χ0v) is 14.2. The van der Waals surface area contributed by atoms with Crippen molar-refractivity contribution in [3.05, 3.63) is 54.2 Å². The smallest absolute Gasteiger partial charge is 0.289 e. The summed E-state index contributed by atoms with van der Waals surface area (Å²) in [6.07, 6.45) is 6.21. The van der Waals surface area contributed by atoms with Gasteiger partial charge in [-0.2, -0.15) is 0 Å². The number of pyridine rings is 1. The summed E-state index contributed by atoms with van der Waals surface area (Å²) in [6, 6.07) is 7.86. The molecule has 0 unspecified atom stereocenters. The molecule has 0 bridgehead atoms. The van der Waals surface area contributed by atoms with Gasteiger partial charge in [-0.25, -0.2) is 0 Å². The van der Waals surface area contributed by atoms with Gasteiger partial charge in [0, 0.05) is 50.5 Å². The van der Waals surface area contributed by atoms with Crippen molar-refractivity contribution >= 4 is 5.91 Å². The monoisotopic (exact) mass is 341 g/mol. The number of piperidine rings is 1. The van der Waals surface area contributed by atoms with Crippen LogP contribution in [0.5, 0.6) is 0 Å². The maximum atomic E-state index is 12.7. The number of likely N-dealkylation sites (tertiary alicyclic amines) is 1. The molecule has 0 spiro atoms. The molecule has 25 heavy (non-hydrogen) atoms. The van der Waals surface area contributed by atoms with Crippen LogP contribution >= 0.6 is 0 Å². The van der Waals surface area contributed by atoms with E-state index in [1.54, 1.807) is 24.6 Å². The summed E-state index contributed by atoms with van der Waals surface area (Å²) in [5, 5.41) is 0. The lowest BCUT2D eigenvalue weighted by atomic mass is 9.90. The Morgan fingerprint density at radius 3 is 3.04 bits per heavy atom. The van der Waals surface area contributed by atoms with E-state index in [1.807, 2.05) is 17.2 Å². The zero-order chi connectivity index (χ0) is 17.1. The number of rotatable bonds is 3. The van der Waals surface area contributed by atoms with Crippen LogP contribution in [0.3, 0.4) is 0 Å². The van der Waals surface area contributed by atoms with Gasteiger partial charge in [0.2, 0.25) is 0 Å². The van der Waals surface area contributed by atoms with E-state index < -0.39 is 0 Å². The van der Waals surface area contributed by atoms with Crippen LogP contribution in [0.25, 0.3) is 0 Å². The fraction of sp³-hybridized carbons (Fsp3) is 0.474. The lowest BCUT2D eigenvalue weighted by Crippen LogP contribution is -2.54. The van der Waals surface area contributed by atoms with Gasteiger partial charge in [-0.15, -0.1) is 0 Å². The molecule has 2 fully saturated rings. The maximum Gasteiger partial charge on any atom is 0.289 e. The summed E-state index contributed by atoms with van der Waals surface area (Å²) >= 11 is 0. The molecule has 0 radical (unpaired) electrons. The van der Waals surface area contributed by atoms with Crippen molar-refractivity contribution in [1.82, 2.24) is 14.8 Å². The first-order valence-electron chi connectivity index (χ1n) is 8.85. The fourth-order valence-electron chi connectivity index (χ4n) is 3.83. The number of hydrogen-bond donors (Lipinski definition) is 0. The molecule has 6 nitrogen and oxygen atoms in total. The van der Waals surface area contributed by atoms with Crippen molar-refractivity contribution in [2.75, 3.05) is 32.8 Å². The number of fused-ring (bicyclic) bond motifs is 1. The number of carbonyl (C=O) groups is 1. The van der Waals surface area contributed by atoms with Gasteiger partial charge in [-0.05, 0) is 30.2 Å². The third-order valence-corrected chi connectivity index (χ3v) is 5.17. The Morgan fingerprint density at radius 2 is 2.24 bits per heavy atom. The molecule has 0 aromatic carbocycles. The van der Waals surface area contributed by atoms with Crippen LogP contribution in [-0.4, -0.2) is 59.6 Å². The first-order valence-corrected chi connectivity index (χ1v) is 8.85. The number of ether oxygens (including phenoxy) is 1. The summed E-state index contributed by atoms with van der Waals surface area (Å²) in [6.45, 7) is 4.69. The third-order valence-electron chi connectivity index (χ3n) is 5.17. The molecule has 0 saturated carbocycles. The lowest BCUT2D eigenvalue weighted by molar-refractivity contribution is 0.0350. The molecule has 0 aliphatic carbocycles. The van der Waals surface area contributed by atoms with Gasteiger partial charge in [0.15, 0.2) is 5.76 Å². The first-order chi connectivity index (χ1) is 12.3. The van der Waals surface area contributed by atoms with Gasteiger partial charge in [0.1, 0.15) is 0 Å². The van der Waals surface area contributed by atoms with Crippen LogP contribution in [0.15, 0.2) is 47.3 Å². The van der Waals surface area contributed by atoms with Crippen molar-refractivity contribution in [2.24, 2.45) is 5.92 Å². The quantitative estimate of drug-likeness (QED) is 0.855. The highest BCUT2D eigenvalue weighted by molar-refractivity contribution is 5.91. The van der Waals surface area contributed by atoms with E-state index in [9.17, 15) is 4.79 Å². The second kappa shape index (κ2) is 7.37. The van der Waals surface area contributed by atoms with E-state index in [4.69, 9.17) is 9.15 Å². The highest BCUT2D eigenvalue weighted by Crippen LogP contribution is 2.27. The number of hydrogen-bond acceptors (Lipinski definition) is 5. The van der Waals surface area contributed by atoms with Crippen molar-refractivity contribution in [2.45, 2.75) is 19.0 Å². The SMILES string of the molecule is O=C(c1ccco1)N1CC[C@@H]2COCCN(Cc3cccnc3)[C@@H]2C1. The Morgan fingerprint density at radius 1 is 1.28 bits per heavy atom. The molecule has 6 heteroatoms. The second-order valence-electron chi connectivity index (χ2n) is 6.75. The normalized spacial score (nSPS) is 24.6. The molecule has 2 atom stereocenters. The van der Waals surface area contributed by atoms with Crippen LogP contribution in [-0.2, 0) is 11.3 Å². The predicted octanol–water partition coefficient (Wildman–Crippen LogP) is 2.04. The molecule has 2 aromatic rings. The summed E-state index contributed by atoms with van der Waals surface area (Å²) in [5.41, 5.74) is 1.19. The first kappa shape index (κ1) is 16.3. The van der Waals surface area contributed by atoms with Crippen molar-refractivity contribution < 1.29 is 13.9 Å². The Labute approximate surface area is 147 Å². The predicted molar refractivity (Wildman–Crippen MR) is 92.0 cm³/mol. The lowest BCUT2D eigenvalue weighted by Gasteiger charge is -2.42. The number of carbonyl (C=O) groups excluding carboxylic acids is 1. The minimum atomic E-state index is -0.0186. The molecule has 1 amide bonds. The van der Waals surface area contributed by atoms with E-state index in [2.05, 4.69) is 16.0 Å². The Hall–Kier alpha value is -2.18. The van der Waals surface area contributed by atoms with E-state index >= 15 is 0 Å². The molecule has 2 aromatic heterocycles. The fourth-order valence-corrected chi connectivity index (χ4v) is 3.83. The van der Waals surface area contributed by atoms with Crippen LogP contribution in [0.4, 0.5) is 0 Å². The van der Waals surface area contributed by atoms with Crippen LogP contribution in [0, 0.1) is 5.92 Å². The van der Waals surface area contributed by atoms with E-state index in [-0.39, 0.29) is 5.91 Å². The zero-order valence-electron chi connectivity index (χ0n) is 14.2. The van der Waals surface area contributed by atoms with Gasteiger partial charge >= 0.3 is 0 Å². The van der Waals surface area contributed by atoms with E-state index in [0.717, 1.165) is 39.3 Å². The Kier molecular flexibility index (Phi) is 4.81. The van der Waals surface area contributed by atoms with Crippen LogP contribution in [0.2, 0.25) is 0 Å². The van der Waals surface area contributed by atoms with E-state index in [0.29, 0.717) is 24.3 Å². The summed E-state index contributed by atoms with van der Waals surface area (Å²) in [7, 11) is 0. The highest BCUT2D eigenvalue weighted by atomic mass is 16.5. The minimum Gasteiger partial charge on any atom is -0.459 e. The summed E-state index contributed by atoms with van der Waals surface area (Å²) in [5.74, 6) is 0.858. The van der Waals surface area contributed by atoms with Crippen LogP contribution in [0.1, 0.15) is 22.5 Å². The van der Waals surface area contributed by atoms with Gasteiger partial charge in [-0.3, -0.25) is 14.7 Å². The molecule has 2 aliphatic heterocycles. The third kappa shape index (κ3) is 3.60. The van der Waals surface area contributed by atoms with Crippen molar-refractivity contribution in [1.29, 1.82) is 0 Å². The largest absolute Gasteiger partial charge is 0.459 e. The molecule has 2 saturated heterocycles. The maximum absolute atomic E-state index is 12.7. The molecule has 2 aliphatic rings. The number of amides is 1. The van der Waals surface area contributed by atoms with Gasteiger partial charge in [0.25, 0.3) is 5.91 Å². The Bertz CT molecular complexity index is 689. The molecule has 132 valence electrons. The van der Waals surface area contributed by atoms with Crippen LogP contribution < -0.4 is 0 Å². The number of aromatic nitrogens is 1. The van der Waals surface area contributed by atoms with Crippen molar-refractivity contribution in [3.8, 4) is 0 Å². The Balaban J connectivity index is 1.51. The van der Waals surface area contributed by atoms with E-state index in [1.165, 1.54) is 5.56 Å². The highest BCUT2D eigenvalue weighted by Gasteiger charge is 2.37. The molecule has 4 rings (SSSR count). The standard InChI is InChI=1S/C19H23N3O3/c23-19(18-4-2-9-25-18)22-7-5-16-14-24-10-8-21(17(16)13-22)12-15-3-1-6-20-11-15/h1-4,6,9,11,16-17H,5,7-8,10,12-14H2/t16-,17-/m1/s1. The molecule has 4 heterocycles. The van der Waals surface area contributed by atoms with Gasteiger partial charge < -0.3 is 14.1 Å². The number of furan rings is 1. The molecule has 0 N–H and O–H groups in total. The summed E-state index contributed by atoms with van der Waals surface area (Å²) in [4.78, 5) is 21.2. The molecular formula is C19H23N3O3. The van der Waals surface area contributed by atoms with Gasteiger partial charge in [-0.1, -0.05) is 6.07 Å². The second-order valence-corrected chi connectivity index (χ2v) is 6.75. The molecular weight excluding hydrogens is 318 g/mol. The minimum absolute atomic E-state index is 0.0186.